The molecule has 0 fully saturated rings. The maximum absolute atomic E-state index is 12.2. The van der Waals surface area contributed by atoms with Gasteiger partial charge in [0.15, 0.2) is 5.16 Å². The smallest absolute Gasteiger partial charge is 0.319 e. The van der Waals surface area contributed by atoms with E-state index < -0.39 is 0 Å². The minimum absolute atomic E-state index is 0.218. The van der Waals surface area contributed by atoms with Gasteiger partial charge in [0.05, 0.1) is 0 Å². The van der Waals surface area contributed by atoms with Gasteiger partial charge in [-0.25, -0.2) is 14.8 Å². The van der Waals surface area contributed by atoms with Crippen molar-refractivity contribution in [3.63, 3.8) is 0 Å². The maximum Gasteiger partial charge on any atom is 0.319 e. The van der Waals surface area contributed by atoms with E-state index in [2.05, 4.69) is 46.6 Å². The predicted molar refractivity (Wildman–Crippen MR) is 109 cm³/mol. The molecule has 3 rings (SSSR count). The Morgan fingerprint density at radius 1 is 1.00 bits per heavy atom. The molecular weight excluding hydrogens is 356 g/mol. The number of amides is 2. The van der Waals surface area contributed by atoms with Crippen LogP contribution in [0.5, 0.6) is 0 Å². The van der Waals surface area contributed by atoms with Crippen LogP contribution in [-0.2, 0) is 6.54 Å². The van der Waals surface area contributed by atoms with Gasteiger partial charge in [0.25, 0.3) is 0 Å². The van der Waals surface area contributed by atoms with Crippen molar-refractivity contribution in [1.82, 2.24) is 15.3 Å². The molecule has 138 valence electrons. The van der Waals surface area contributed by atoms with Gasteiger partial charge in [-0.3, -0.25) is 0 Å². The molecule has 5 nitrogen and oxygen atoms in total. The lowest BCUT2D eigenvalue weighted by Gasteiger charge is -2.12. The summed E-state index contributed by atoms with van der Waals surface area (Å²) in [5.74, 6) is 0. The van der Waals surface area contributed by atoms with E-state index in [1.54, 1.807) is 18.5 Å². The molecule has 27 heavy (non-hydrogen) atoms. The molecule has 0 bridgehead atoms. The summed E-state index contributed by atoms with van der Waals surface area (Å²) < 4.78 is 0. The molecule has 0 unspecified atom stereocenters. The third kappa shape index (κ3) is 5.31. The number of nitrogens with one attached hydrogen (secondary N) is 2. The van der Waals surface area contributed by atoms with Gasteiger partial charge < -0.3 is 10.6 Å². The molecular formula is C21H22N4OS. The first-order valence-electron chi connectivity index (χ1n) is 8.68. The van der Waals surface area contributed by atoms with E-state index in [1.165, 1.54) is 22.9 Å². The van der Waals surface area contributed by atoms with E-state index in [9.17, 15) is 4.79 Å². The van der Waals surface area contributed by atoms with E-state index in [0.717, 1.165) is 21.7 Å². The molecule has 1 heterocycles. The lowest BCUT2D eigenvalue weighted by atomic mass is 10.1. The summed E-state index contributed by atoms with van der Waals surface area (Å²) in [6.45, 7) is 6.58. The minimum Gasteiger partial charge on any atom is -0.334 e. The van der Waals surface area contributed by atoms with Crippen LogP contribution in [0.1, 0.15) is 22.3 Å². The first-order valence-corrected chi connectivity index (χ1v) is 9.49. The summed E-state index contributed by atoms with van der Waals surface area (Å²) in [6.07, 6.45) is 3.44. The monoisotopic (exact) mass is 378 g/mol. The van der Waals surface area contributed by atoms with Crippen molar-refractivity contribution in [2.45, 2.75) is 37.4 Å². The SMILES string of the molecule is Cc1ccc(CNC(=O)Nc2ccc(Sc3ncccn3)cc2C)c(C)c1. The van der Waals surface area contributed by atoms with Crippen LogP contribution in [0.4, 0.5) is 10.5 Å². The summed E-state index contributed by atoms with van der Waals surface area (Å²) >= 11 is 1.49. The zero-order valence-corrected chi connectivity index (χ0v) is 16.4. The number of carbonyl (C=O) groups excluding carboxylic acids is 1. The first-order chi connectivity index (χ1) is 13.0. The Morgan fingerprint density at radius 2 is 1.78 bits per heavy atom. The van der Waals surface area contributed by atoms with Gasteiger partial charge in [0.2, 0.25) is 0 Å². The zero-order valence-electron chi connectivity index (χ0n) is 15.6. The van der Waals surface area contributed by atoms with Crippen LogP contribution in [0.25, 0.3) is 0 Å². The molecule has 6 heteroatoms. The van der Waals surface area contributed by atoms with Crippen molar-refractivity contribution in [2.24, 2.45) is 0 Å². The fourth-order valence-electron chi connectivity index (χ4n) is 2.67. The quantitative estimate of drug-likeness (QED) is 0.621. The number of benzene rings is 2. The van der Waals surface area contributed by atoms with Crippen LogP contribution in [0, 0.1) is 20.8 Å². The van der Waals surface area contributed by atoms with Gasteiger partial charge in [-0.15, -0.1) is 0 Å². The Bertz CT molecular complexity index is 944. The Labute approximate surface area is 163 Å². The summed E-state index contributed by atoms with van der Waals surface area (Å²) in [6, 6.07) is 13.7. The molecule has 0 spiro atoms. The van der Waals surface area contributed by atoms with Crippen LogP contribution in [-0.4, -0.2) is 16.0 Å². The standard InChI is InChI=1S/C21H22N4OS/c1-14-5-6-17(15(2)11-14)13-24-20(26)25-19-8-7-18(12-16(19)3)27-21-22-9-4-10-23-21/h4-12H,13H2,1-3H3,(H2,24,25,26). The second-order valence-corrected chi connectivity index (χ2v) is 7.39. The Balaban J connectivity index is 1.59. The molecule has 0 aliphatic heterocycles. The summed E-state index contributed by atoms with van der Waals surface area (Å²) in [4.78, 5) is 21.7. The van der Waals surface area contributed by atoms with Crippen LogP contribution >= 0.6 is 11.8 Å². The molecule has 0 saturated heterocycles. The molecule has 0 aliphatic rings. The number of carbonyl (C=O) groups is 1. The number of aromatic nitrogens is 2. The highest BCUT2D eigenvalue weighted by Crippen LogP contribution is 2.27. The Kier molecular flexibility index (Phi) is 6.08. The van der Waals surface area contributed by atoms with E-state index in [4.69, 9.17) is 0 Å². The van der Waals surface area contributed by atoms with Crippen molar-refractivity contribution < 1.29 is 4.79 Å². The van der Waals surface area contributed by atoms with Crippen LogP contribution in [0.15, 0.2) is 64.9 Å². The Hall–Kier alpha value is -2.86. The molecule has 2 aromatic carbocycles. The van der Waals surface area contributed by atoms with Gasteiger partial charge in [-0.05, 0) is 73.5 Å². The van der Waals surface area contributed by atoms with E-state index in [-0.39, 0.29) is 6.03 Å². The molecule has 0 saturated carbocycles. The molecule has 3 aromatic rings. The number of hydrogen-bond acceptors (Lipinski definition) is 4. The van der Waals surface area contributed by atoms with Crippen LogP contribution in [0.2, 0.25) is 0 Å². The van der Waals surface area contributed by atoms with Gasteiger partial charge in [0.1, 0.15) is 0 Å². The van der Waals surface area contributed by atoms with Gasteiger partial charge in [-0.1, -0.05) is 23.8 Å². The van der Waals surface area contributed by atoms with Gasteiger partial charge in [-0.2, -0.15) is 0 Å². The van der Waals surface area contributed by atoms with Crippen molar-refractivity contribution >= 4 is 23.5 Å². The van der Waals surface area contributed by atoms with Crippen LogP contribution in [0.3, 0.4) is 0 Å². The van der Waals surface area contributed by atoms with E-state index in [0.29, 0.717) is 11.7 Å². The molecule has 1 aromatic heterocycles. The molecule has 0 radical (unpaired) electrons. The lowest BCUT2D eigenvalue weighted by molar-refractivity contribution is 0.251. The summed E-state index contributed by atoms with van der Waals surface area (Å²) in [5.41, 5.74) is 5.28. The number of nitrogens with zero attached hydrogens (tertiary/aromatic N) is 2. The molecule has 0 aliphatic carbocycles. The number of anilines is 1. The largest absolute Gasteiger partial charge is 0.334 e. The average Bonchev–Trinajstić information content (AvgIpc) is 2.64. The number of urea groups is 1. The van der Waals surface area contributed by atoms with Crippen molar-refractivity contribution in [3.05, 3.63) is 77.1 Å². The topological polar surface area (TPSA) is 66.9 Å². The number of rotatable bonds is 5. The van der Waals surface area contributed by atoms with Crippen molar-refractivity contribution in [2.75, 3.05) is 5.32 Å². The lowest BCUT2D eigenvalue weighted by Crippen LogP contribution is -2.28. The average molecular weight is 379 g/mol. The minimum atomic E-state index is -0.218. The molecule has 0 atom stereocenters. The van der Waals surface area contributed by atoms with E-state index in [1.807, 2.05) is 31.2 Å². The number of aryl methyl sites for hydroxylation is 3. The molecule has 2 N–H and O–H groups in total. The second-order valence-electron chi connectivity index (χ2n) is 6.35. The third-order valence-corrected chi connectivity index (χ3v) is 5.02. The highest BCUT2D eigenvalue weighted by atomic mass is 32.2. The maximum atomic E-state index is 12.2. The Morgan fingerprint density at radius 3 is 2.48 bits per heavy atom. The van der Waals surface area contributed by atoms with E-state index >= 15 is 0 Å². The van der Waals surface area contributed by atoms with Gasteiger partial charge in [0, 0.05) is 29.5 Å². The zero-order chi connectivity index (χ0) is 19.2. The highest BCUT2D eigenvalue weighted by Gasteiger charge is 2.07. The summed E-state index contributed by atoms with van der Waals surface area (Å²) in [7, 11) is 0. The van der Waals surface area contributed by atoms with Crippen LogP contribution < -0.4 is 10.6 Å². The first kappa shape index (κ1) is 18.9. The molecule has 2 amide bonds. The number of hydrogen-bond donors (Lipinski definition) is 2. The fourth-order valence-corrected chi connectivity index (χ4v) is 3.48. The van der Waals surface area contributed by atoms with Crippen molar-refractivity contribution in [1.29, 1.82) is 0 Å². The predicted octanol–water partition coefficient (Wildman–Crippen LogP) is 4.87. The summed E-state index contributed by atoms with van der Waals surface area (Å²) in [5, 5.41) is 6.52. The third-order valence-electron chi connectivity index (χ3n) is 4.13. The highest BCUT2D eigenvalue weighted by molar-refractivity contribution is 7.99. The van der Waals surface area contributed by atoms with Gasteiger partial charge >= 0.3 is 6.03 Å². The fraction of sp³-hybridized carbons (Fsp3) is 0.190. The normalized spacial score (nSPS) is 10.5. The second kappa shape index (κ2) is 8.68. The van der Waals surface area contributed by atoms with Crippen molar-refractivity contribution in [3.8, 4) is 0 Å².